The van der Waals surface area contributed by atoms with Gasteiger partial charge >= 0.3 is 5.97 Å². The summed E-state index contributed by atoms with van der Waals surface area (Å²) >= 11 is 0. The lowest BCUT2D eigenvalue weighted by Gasteiger charge is -2.19. The van der Waals surface area contributed by atoms with Crippen molar-refractivity contribution in [3.63, 3.8) is 0 Å². The summed E-state index contributed by atoms with van der Waals surface area (Å²) in [5.74, 6) is -0.500. The lowest BCUT2D eigenvalue weighted by molar-refractivity contribution is -0.147. The zero-order valence-electron chi connectivity index (χ0n) is 10.7. The van der Waals surface area contributed by atoms with Gasteiger partial charge in [-0.15, -0.1) is 0 Å². The zero-order valence-corrected chi connectivity index (χ0v) is 10.7. The van der Waals surface area contributed by atoms with E-state index in [0.717, 1.165) is 0 Å². The van der Waals surface area contributed by atoms with Crippen molar-refractivity contribution in [2.45, 2.75) is 27.2 Å². The van der Waals surface area contributed by atoms with E-state index in [2.05, 4.69) is 4.98 Å². The minimum Gasteiger partial charge on any atom is -0.481 e. The second-order valence-electron chi connectivity index (χ2n) is 4.99. The number of hydrogen-bond donors (Lipinski definition) is 1. The number of carboxylic acids is 1. The van der Waals surface area contributed by atoms with Gasteiger partial charge in [-0.1, -0.05) is 0 Å². The second kappa shape index (κ2) is 4.12. The van der Waals surface area contributed by atoms with Gasteiger partial charge in [-0.2, -0.15) is 0 Å². The first-order valence-corrected chi connectivity index (χ1v) is 5.80. The summed E-state index contributed by atoms with van der Waals surface area (Å²) in [6.07, 6.45) is 0.459. The van der Waals surface area contributed by atoms with Gasteiger partial charge < -0.3 is 14.4 Å². The van der Waals surface area contributed by atoms with Crippen LogP contribution in [-0.2, 0) is 4.79 Å². The molecule has 98 valence electrons. The Morgan fingerprint density at radius 3 is 2.56 bits per heavy atom. The molecule has 1 aromatic rings. The molecule has 2 heterocycles. The number of aliphatic carboxylic acids is 1. The van der Waals surface area contributed by atoms with Gasteiger partial charge in [0.05, 0.1) is 11.1 Å². The fourth-order valence-electron chi connectivity index (χ4n) is 2.18. The Labute approximate surface area is 105 Å². The third-order valence-corrected chi connectivity index (χ3v) is 3.37. The van der Waals surface area contributed by atoms with E-state index < -0.39 is 11.4 Å². The minimum atomic E-state index is -0.872. The SMILES string of the molecule is Cc1nc(C)c(C(=O)N2CC[C@@](C)(C(=O)O)C2)o1. The maximum atomic E-state index is 12.2. The van der Waals surface area contributed by atoms with Crippen LogP contribution in [0.1, 0.15) is 35.5 Å². The van der Waals surface area contributed by atoms with Gasteiger partial charge in [0.2, 0.25) is 5.76 Å². The van der Waals surface area contributed by atoms with Gasteiger partial charge in [-0.3, -0.25) is 9.59 Å². The number of oxazole rings is 1. The first kappa shape index (κ1) is 12.6. The number of hydrogen-bond acceptors (Lipinski definition) is 4. The highest BCUT2D eigenvalue weighted by Gasteiger charge is 2.43. The molecule has 1 amide bonds. The predicted octanol–water partition coefficient (Wildman–Crippen LogP) is 1.23. The van der Waals surface area contributed by atoms with Crippen LogP contribution in [0.25, 0.3) is 0 Å². The maximum absolute atomic E-state index is 12.2. The molecule has 1 aliphatic rings. The number of carbonyl (C=O) groups is 2. The number of rotatable bonds is 2. The Morgan fingerprint density at radius 1 is 1.44 bits per heavy atom. The summed E-state index contributed by atoms with van der Waals surface area (Å²) in [7, 11) is 0. The van der Waals surface area contributed by atoms with Crippen LogP contribution < -0.4 is 0 Å². The summed E-state index contributed by atoms with van der Waals surface area (Å²) in [6, 6.07) is 0. The van der Waals surface area contributed by atoms with Crippen molar-refractivity contribution in [1.82, 2.24) is 9.88 Å². The molecule has 6 heteroatoms. The standard InChI is InChI=1S/C12H16N2O4/c1-7-9(18-8(2)13-7)10(15)14-5-4-12(3,6-14)11(16)17/h4-6H2,1-3H3,(H,16,17)/t12-/m1/s1. The average Bonchev–Trinajstić information content (AvgIpc) is 2.82. The van der Waals surface area contributed by atoms with Gasteiger partial charge in [-0.05, 0) is 20.3 Å². The highest BCUT2D eigenvalue weighted by Crippen LogP contribution is 2.31. The van der Waals surface area contributed by atoms with E-state index in [0.29, 0.717) is 24.6 Å². The maximum Gasteiger partial charge on any atom is 0.311 e. The molecular formula is C12H16N2O4. The van der Waals surface area contributed by atoms with Crippen molar-refractivity contribution in [3.8, 4) is 0 Å². The zero-order chi connectivity index (χ0) is 13.5. The first-order valence-electron chi connectivity index (χ1n) is 5.80. The van der Waals surface area contributed by atoms with Crippen LogP contribution in [0.3, 0.4) is 0 Å². The van der Waals surface area contributed by atoms with E-state index in [1.54, 1.807) is 20.8 Å². The Hall–Kier alpha value is -1.85. The molecule has 0 radical (unpaired) electrons. The number of aryl methyl sites for hydroxylation is 2. The van der Waals surface area contributed by atoms with Crippen molar-refractivity contribution in [2.75, 3.05) is 13.1 Å². The highest BCUT2D eigenvalue weighted by atomic mass is 16.4. The van der Waals surface area contributed by atoms with Crippen LogP contribution >= 0.6 is 0 Å². The Bertz CT molecular complexity index is 508. The molecule has 6 nitrogen and oxygen atoms in total. The molecule has 18 heavy (non-hydrogen) atoms. The number of amides is 1. The molecule has 0 saturated carbocycles. The molecule has 0 spiro atoms. The minimum absolute atomic E-state index is 0.209. The first-order chi connectivity index (χ1) is 8.33. The smallest absolute Gasteiger partial charge is 0.311 e. The van der Waals surface area contributed by atoms with E-state index in [9.17, 15) is 9.59 Å². The average molecular weight is 252 g/mol. The number of carbonyl (C=O) groups excluding carboxylic acids is 1. The normalized spacial score (nSPS) is 23.4. The van der Waals surface area contributed by atoms with Crippen molar-refractivity contribution in [2.24, 2.45) is 5.41 Å². The van der Waals surface area contributed by atoms with E-state index >= 15 is 0 Å². The van der Waals surface area contributed by atoms with Gasteiger partial charge in [0.25, 0.3) is 5.91 Å². The van der Waals surface area contributed by atoms with Crippen LogP contribution in [0.15, 0.2) is 4.42 Å². The molecule has 1 fully saturated rings. The molecule has 0 bridgehead atoms. The van der Waals surface area contributed by atoms with Gasteiger partial charge in [0.1, 0.15) is 0 Å². The third-order valence-electron chi connectivity index (χ3n) is 3.37. The van der Waals surface area contributed by atoms with Crippen molar-refractivity contribution in [1.29, 1.82) is 0 Å². The molecule has 0 aliphatic carbocycles. The van der Waals surface area contributed by atoms with Gasteiger partial charge in [0.15, 0.2) is 5.89 Å². The summed E-state index contributed by atoms with van der Waals surface area (Å²) in [5.41, 5.74) is -0.319. The topological polar surface area (TPSA) is 83.6 Å². The molecule has 1 aromatic heterocycles. The summed E-state index contributed by atoms with van der Waals surface area (Å²) in [6.45, 7) is 5.67. The molecule has 0 aromatic carbocycles. The summed E-state index contributed by atoms with van der Waals surface area (Å²) < 4.78 is 5.27. The van der Waals surface area contributed by atoms with Crippen LogP contribution in [0.2, 0.25) is 0 Å². The predicted molar refractivity (Wildman–Crippen MR) is 62.2 cm³/mol. The second-order valence-corrected chi connectivity index (χ2v) is 4.99. The Balaban J connectivity index is 2.18. The molecule has 0 unspecified atom stereocenters. The molecule has 2 rings (SSSR count). The fraction of sp³-hybridized carbons (Fsp3) is 0.583. The van der Waals surface area contributed by atoms with Crippen LogP contribution in [0.5, 0.6) is 0 Å². The lowest BCUT2D eigenvalue weighted by atomic mass is 9.90. The number of carboxylic acid groups (broad SMARTS) is 1. The van der Waals surface area contributed by atoms with Crippen LogP contribution in [-0.4, -0.2) is 40.0 Å². The van der Waals surface area contributed by atoms with Gasteiger partial charge in [0, 0.05) is 20.0 Å². The fourth-order valence-corrected chi connectivity index (χ4v) is 2.18. The van der Waals surface area contributed by atoms with E-state index in [1.165, 1.54) is 4.90 Å². The third kappa shape index (κ3) is 1.98. The van der Waals surface area contributed by atoms with Gasteiger partial charge in [-0.25, -0.2) is 4.98 Å². The molecule has 1 saturated heterocycles. The van der Waals surface area contributed by atoms with Crippen molar-refractivity contribution >= 4 is 11.9 Å². The van der Waals surface area contributed by atoms with Crippen molar-refractivity contribution < 1.29 is 19.1 Å². The van der Waals surface area contributed by atoms with E-state index in [1.807, 2.05) is 0 Å². The monoisotopic (exact) mass is 252 g/mol. The number of aromatic nitrogens is 1. The Kier molecular flexibility index (Phi) is 2.88. The van der Waals surface area contributed by atoms with E-state index in [4.69, 9.17) is 9.52 Å². The molecular weight excluding hydrogens is 236 g/mol. The number of nitrogens with zero attached hydrogens (tertiary/aromatic N) is 2. The largest absolute Gasteiger partial charge is 0.481 e. The quantitative estimate of drug-likeness (QED) is 0.855. The van der Waals surface area contributed by atoms with E-state index in [-0.39, 0.29) is 18.2 Å². The molecule has 1 atom stereocenters. The number of likely N-dealkylation sites (tertiary alicyclic amines) is 1. The van der Waals surface area contributed by atoms with Crippen LogP contribution in [0.4, 0.5) is 0 Å². The molecule has 1 aliphatic heterocycles. The Morgan fingerprint density at radius 2 is 2.11 bits per heavy atom. The van der Waals surface area contributed by atoms with Crippen LogP contribution in [0, 0.1) is 19.3 Å². The lowest BCUT2D eigenvalue weighted by Crippen LogP contribution is -2.35. The van der Waals surface area contributed by atoms with Crippen molar-refractivity contribution in [3.05, 3.63) is 17.3 Å². The highest BCUT2D eigenvalue weighted by molar-refractivity contribution is 5.93. The summed E-state index contributed by atoms with van der Waals surface area (Å²) in [4.78, 5) is 28.9. The summed E-state index contributed by atoms with van der Waals surface area (Å²) in [5, 5.41) is 9.13. The molecule has 1 N–H and O–H groups in total.